The quantitative estimate of drug-likeness (QED) is 0.0876. The molecule has 22 heteroatoms. The highest BCUT2D eigenvalue weighted by molar-refractivity contribution is 7.87. The predicted octanol–water partition coefficient (Wildman–Crippen LogP) is 8.61. The van der Waals surface area contributed by atoms with E-state index in [0.29, 0.717) is 39.2 Å². The fraction of sp³-hybridized carbons (Fsp3) is 0.632. The van der Waals surface area contributed by atoms with Gasteiger partial charge in [0.1, 0.15) is 17.8 Å². The van der Waals surface area contributed by atoms with Crippen LogP contribution in [0.3, 0.4) is 0 Å². The molecule has 60 heavy (non-hydrogen) atoms. The van der Waals surface area contributed by atoms with Crippen LogP contribution in [0.1, 0.15) is 71.9 Å². The molecular weight excluding hydrogens is 872 g/mol. The Bertz CT molecular complexity index is 1540. The highest BCUT2D eigenvalue weighted by Gasteiger charge is 2.47. The van der Waals surface area contributed by atoms with Crippen molar-refractivity contribution in [1.82, 2.24) is 9.80 Å². The smallest absolute Gasteiger partial charge is 0.444 e. The molecule has 350 valence electrons. The van der Waals surface area contributed by atoms with Crippen LogP contribution >= 0.6 is 27.0 Å². The zero-order valence-corrected chi connectivity index (χ0v) is 38.0. The fourth-order valence-electron chi connectivity index (χ4n) is 4.18. The molecule has 0 unspecified atom stereocenters. The third kappa shape index (κ3) is 29.3. The van der Waals surface area contributed by atoms with E-state index in [4.69, 9.17) is 24.7 Å². The van der Waals surface area contributed by atoms with Crippen molar-refractivity contribution >= 4 is 49.3 Å². The standard InChI is InChI=1S/C19H29F2NO3.C16H26N2O3.C3H3F5O3S.2H2S/c1-19(2,3)25-18(23)22(4)16(11-8-12-17(20)21)14-24-13-15-9-6-5-7-10-15;1-16(2,3)21-15(19)18(4)14(10-17)12-20-11-13-8-6-5-7-9-13;4-2(5)1-11-12(9,10)3(6,7)8;;/h5-7,9-10,16-17H,8,11-14H2,1-4H3;5-9,14H,10-12,17H2,1-4H3;2H,1H2;2*1H2/t16-;14-;;;/m00.../s1. The van der Waals surface area contributed by atoms with Crippen molar-refractivity contribution in [2.45, 2.75) is 116 Å². The van der Waals surface area contributed by atoms with Crippen LogP contribution in [0.4, 0.5) is 40.3 Å². The second kappa shape index (κ2) is 30.1. The van der Waals surface area contributed by atoms with Crippen LogP contribution in [0.2, 0.25) is 0 Å². The molecular formula is C38H62F7N3O9S3. The van der Waals surface area contributed by atoms with Crippen molar-refractivity contribution in [3.05, 3.63) is 71.8 Å². The van der Waals surface area contributed by atoms with E-state index < -0.39 is 52.4 Å². The van der Waals surface area contributed by atoms with Gasteiger partial charge in [0, 0.05) is 27.1 Å². The van der Waals surface area contributed by atoms with E-state index in [0.717, 1.165) is 11.1 Å². The molecule has 0 bridgehead atoms. The lowest BCUT2D eigenvalue weighted by Crippen LogP contribution is -2.46. The second-order valence-electron chi connectivity index (χ2n) is 14.6. The summed E-state index contributed by atoms with van der Waals surface area (Å²) in [6.07, 6.45) is -5.88. The number of ether oxygens (including phenoxy) is 4. The summed E-state index contributed by atoms with van der Waals surface area (Å²) in [5.74, 6) is 0. The number of alkyl halides is 7. The summed E-state index contributed by atoms with van der Waals surface area (Å²) in [5.41, 5.74) is 1.06. The Morgan fingerprint density at radius 1 is 0.650 bits per heavy atom. The van der Waals surface area contributed by atoms with Gasteiger partial charge in [-0.3, -0.25) is 4.18 Å². The Balaban J connectivity index is -0.000000845. The van der Waals surface area contributed by atoms with E-state index in [-0.39, 0.29) is 58.2 Å². The first-order valence-corrected chi connectivity index (χ1v) is 19.5. The fourth-order valence-corrected chi connectivity index (χ4v) is 4.60. The zero-order valence-electron chi connectivity index (χ0n) is 35.1. The zero-order chi connectivity index (χ0) is 44.7. The van der Waals surface area contributed by atoms with Crippen molar-refractivity contribution in [3.8, 4) is 0 Å². The summed E-state index contributed by atoms with van der Waals surface area (Å²) in [6.45, 7) is 11.0. The predicted molar refractivity (Wildman–Crippen MR) is 224 cm³/mol. The number of carbonyl (C=O) groups is 2. The van der Waals surface area contributed by atoms with Crippen LogP contribution in [-0.4, -0.2) is 113 Å². The van der Waals surface area contributed by atoms with Gasteiger partial charge in [-0.1, -0.05) is 60.7 Å². The summed E-state index contributed by atoms with van der Waals surface area (Å²) in [7, 11) is -2.58. The molecule has 0 aliphatic carbocycles. The van der Waals surface area contributed by atoms with Gasteiger partial charge < -0.3 is 34.5 Å². The van der Waals surface area contributed by atoms with Gasteiger partial charge in [0.2, 0.25) is 6.43 Å². The van der Waals surface area contributed by atoms with Crippen molar-refractivity contribution in [2.24, 2.45) is 5.73 Å². The van der Waals surface area contributed by atoms with Crippen molar-refractivity contribution in [1.29, 1.82) is 0 Å². The van der Waals surface area contributed by atoms with Crippen LogP contribution in [0.25, 0.3) is 0 Å². The lowest BCUT2D eigenvalue weighted by molar-refractivity contribution is -0.0573. The van der Waals surface area contributed by atoms with Crippen LogP contribution < -0.4 is 5.73 Å². The van der Waals surface area contributed by atoms with Gasteiger partial charge in [-0.2, -0.15) is 48.6 Å². The molecule has 0 aliphatic rings. The maximum atomic E-state index is 12.4. The Kier molecular flexibility index (Phi) is 30.7. The van der Waals surface area contributed by atoms with E-state index in [1.807, 2.05) is 81.4 Å². The number of benzene rings is 2. The monoisotopic (exact) mass is 933 g/mol. The molecule has 0 fully saturated rings. The number of nitrogens with zero attached hydrogens (tertiary/aromatic N) is 2. The highest BCUT2D eigenvalue weighted by atomic mass is 32.2. The normalized spacial score (nSPS) is 12.6. The van der Waals surface area contributed by atoms with E-state index in [1.165, 1.54) is 9.80 Å². The molecule has 12 nitrogen and oxygen atoms in total. The van der Waals surface area contributed by atoms with Crippen LogP contribution in [0, 0.1) is 0 Å². The minimum Gasteiger partial charge on any atom is -0.444 e. The van der Waals surface area contributed by atoms with Gasteiger partial charge in [0.05, 0.1) is 38.5 Å². The van der Waals surface area contributed by atoms with Gasteiger partial charge in [0.25, 0.3) is 6.43 Å². The minimum atomic E-state index is -5.87. The van der Waals surface area contributed by atoms with Crippen molar-refractivity contribution in [2.75, 3.05) is 40.5 Å². The number of amides is 2. The Morgan fingerprint density at radius 2 is 1.03 bits per heavy atom. The molecule has 2 aromatic rings. The number of likely N-dealkylation sites (N-methyl/N-ethyl adjacent to an activating group) is 2. The van der Waals surface area contributed by atoms with Crippen LogP contribution in [0.5, 0.6) is 0 Å². The average molecular weight is 934 g/mol. The molecule has 0 spiro atoms. The van der Waals surface area contributed by atoms with E-state index in [1.54, 1.807) is 34.9 Å². The SMILES string of the molecule is CN(C(=O)OC(C)(C)C)[C@@H](CCCC(F)F)COCc1ccccc1.CN(C(=O)OC(C)(C)C)[C@@H](CN)COCc1ccccc1.O=S(=O)(OCC(F)F)C(F)(F)F.S.S. The van der Waals surface area contributed by atoms with Crippen LogP contribution in [0.15, 0.2) is 60.7 Å². The lowest BCUT2D eigenvalue weighted by atomic mass is 10.1. The molecule has 0 saturated heterocycles. The molecule has 0 aromatic heterocycles. The van der Waals surface area contributed by atoms with Crippen molar-refractivity contribution < 1.29 is 71.9 Å². The maximum absolute atomic E-state index is 12.4. The molecule has 2 N–H and O–H groups in total. The van der Waals surface area contributed by atoms with Gasteiger partial charge >= 0.3 is 27.8 Å². The first-order valence-electron chi connectivity index (χ1n) is 18.1. The summed E-state index contributed by atoms with van der Waals surface area (Å²) in [4.78, 5) is 27.2. The molecule has 2 amide bonds. The first-order chi connectivity index (χ1) is 26.7. The third-order valence-corrected chi connectivity index (χ3v) is 8.18. The van der Waals surface area contributed by atoms with Gasteiger partial charge in [-0.05, 0) is 65.5 Å². The van der Waals surface area contributed by atoms with E-state index in [9.17, 15) is 48.7 Å². The van der Waals surface area contributed by atoms with Crippen LogP contribution in [-0.2, 0) is 46.5 Å². The molecule has 0 heterocycles. The molecule has 0 aliphatic heterocycles. The summed E-state index contributed by atoms with van der Waals surface area (Å²) in [5, 5.41) is 0. The number of rotatable bonds is 18. The molecule has 0 radical (unpaired) electrons. The highest BCUT2D eigenvalue weighted by Crippen LogP contribution is 2.25. The topological polar surface area (TPSA) is 147 Å². The minimum absolute atomic E-state index is 0. The Labute approximate surface area is 363 Å². The number of hydrogen-bond donors (Lipinski definition) is 1. The third-order valence-electron chi connectivity index (χ3n) is 7.17. The largest absolute Gasteiger partial charge is 0.523 e. The van der Waals surface area contributed by atoms with E-state index in [2.05, 4.69) is 4.18 Å². The summed E-state index contributed by atoms with van der Waals surface area (Å²) in [6, 6.07) is 19.0. The number of nitrogens with two attached hydrogens (primary N) is 1. The maximum Gasteiger partial charge on any atom is 0.523 e. The molecule has 2 aromatic carbocycles. The van der Waals surface area contributed by atoms with E-state index >= 15 is 0 Å². The summed E-state index contributed by atoms with van der Waals surface area (Å²) < 4.78 is 126. The second-order valence-corrected chi connectivity index (χ2v) is 16.2. The molecule has 0 saturated carbocycles. The Hall–Kier alpha value is -3.02. The molecule has 2 rings (SSSR count). The molecule has 2 atom stereocenters. The van der Waals surface area contributed by atoms with Gasteiger partial charge in [-0.15, -0.1) is 0 Å². The number of carbonyl (C=O) groups excluding carboxylic acids is 2. The van der Waals surface area contributed by atoms with Gasteiger partial charge in [0.15, 0.2) is 0 Å². The first kappa shape index (κ1) is 61.3. The lowest BCUT2D eigenvalue weighted by Gasteiger charge is -2.30. The van der Waals surface area contributed by atoms with Gasteiger partial charge in [-0.25, -0.2) is 27.2 Å². The van der Waals surface area contributed by atoms with Crippen molar-refractivity contribution in [3.63, 3.8) is 0 Å². The number of hydrogen-bond acceptors (Lipinski definition) is 10. The summed E-state index contributed by atoms with van der Waals surface area (Å²) >= 11 is 0. The Morgan fingerprint density at radius 3 is 1.37 bits per heavy atom. The number of halogens is 7. The average Bonchev–Trinajstić information content (AvgIpc) is 3.11.